The molecular formula is C18H17Cl2NO3S. The molecule has 0 heterocycles. The Morgan fingerprint density at radius 1 is 1.20 bits per heavy atom. The normalized spacial score (nSPS) is 11.7. The van der Waals surface area contributed by atoms with Gasteiger partial charge in [-0.3, -0.25) is 4.79 Å². The zero-order valence-corrected chi connectivity index (χ0v) is 16.0. The number of halogens is 2. The first kappa shape index (κ1) is 19.6. The Hall–Kier alpha value is -1.69. The third-order valence-electron chi connectivity index (χ3n) is 3.25. The van der Waals surface area contributed by atoms with Crippen LogP contribution in [0.4, 0.5) is 5.69 Å². The SMILES string of the molecule is CCSc1ccccc1C(=O)OC(C)C(=O)Nc1cc(Cl)ccc1Cl. The van der Waals surface area contributed by atoms with Gasteiger partial charge in [0.25, 0.3) is 5.91 Å². The highest BCUT2D eigenvalue weighted by molar-refractivity contribution is 7.99. The van der Waals surface area contributed by atoms with Gasteiger partial charge in [0.2, 0.25) is 0 Å². The van der Waals surface area contributed by atoms with Crippen molar-refractivity contribution in [1.29, 1.82) is 0 Å². The molecule has 0 fully saturated rings. The fourth-order valence-electron chi connectivity index (χ4n) is 2.02. The quantitative estimate of drug-likeness (QED) is 0.531. The van der Waals surface area contributed by atoms with Gasteiger partial charge in [-0.15, -0.1) is 11.8 Å². The first-order valence-corrected chi connectivity index (χ1v) is 9.35. The van der Waals surface area contributed by atoms with E-state index in [0.717, 1.165) is 10.6 Å². The highest BCUT2D eigenvalue weighted by Crippen LogP contribution is 2.26. The van der Waals surface area contributed by atoms with E-state index in [1.807, 2.05) is 19.1 Å². The van der Waals surface area contributed by atoms with Crippen molar-refractivity contribution < 1.29 is 14.3 Å². The molecule has 2 rings (SSSR count). The van der Waals surface area contributed by atoms with Gasteiger partial charge < -0.3 is 10.1 Å². The standard InChI is InChI=1S/C18H17Cl2NO3S/c1-3-25-16-7-5-4-6-13(16)18(23)24-11(2)17(22)21-15-10-12(19)8-9-14(15)20/h4-11H,3H2,1-2H3,(H,21,22). The van der Waals surface area contributed by atoms with E-state index in [1.54, 1.807) is 24.3 Å². The average Bonchev–Trinajstić information content (AvgIpc) is 2.58. The van der Waals surface area contributed by atoms with Gasteiger partial charge in [0.05, 0.1) is 16.3 Å². The van der Waals surface area contributed by atoms with Crippen LogP contribution < -0.4 is 5.32 Å². The van der Waals surface area contributed by atoms with Crippen molar-refractivity contribution in [3.63, 3.8) is 0 Å². The van der Waals surface area contributed by atoms with E-state index in [0.29, 0.717) is 21.3 Å². The first-order chi connectivity index (χ1) is 11.9. The molecule has 2 aromatic carbocycles. The summed E-state index contributed by atoms with van der Waals surface area (Å²) in [6.07, 6.45) is -0.984. The number of amides is 1. The van der Waals surface area contributed by atoms with Crippen LogP contribution in [0.25, 0.3) is 0 Å². The van der Waals surface area contributed by atoms with Crippen molar-refractivity contribution in [2.45, 2.75) is 24.8 Å². The summed E-state index contributed by atoms with van der Waals surface area (Å²) < 4.78 is 5.29. The highest BCUT2D eigenvalue weighted by atomic mass is 35.5. The number of rotatable bonds is 6. The van der Waals surface area contributed by atoms with E-state index >= 15 is 0 Å². The van der Waals surface area contributed by atoms with Crippen LogP contribution in [-0.4, -0.2) is 23.7 Å². The molecule has 1 atom stereocenters. The van der Waals surface area contributed by atoms with Crippen LogP contribution in [0.3, 0.4) is 0 Å². The minimum atomic E-state index is -0.984. The van der Waals surface area contributed by atoms with Crippen molar-refractivity contribution in [3.8, 4) is 0 Å². The minimum absolute atomic E-state index is 0.348. The maximum absolute atomic E-state index is 12.4. The third kappa shape index (κ3) is 5.39. The zero-order chi connectivity index (χ0) is 18.4. The van der Waals surface area contributed by atoms with Gasteiger partial charge in [-0.25, -0.2) is 4.79 Å². The summed E-state index contributed by atoms with van der Waals surface area (Å²) in [5, 5.41) is 3.40. The van der Waals surface area contributed by atoms with E-state index < -0.39 is 18.0 Å². The molecule has 132 valence electrons. The second-order valence-electron chi connectivity index (χ2n) is 5.09. The molecular weight excluding hydrogens is 381 g/mol. The Balaban J connectivity index is 2.06. The number of thioether (sulfide) groups is 1. The summed E-state index contributed by atoms with van der Waals surface area (Å²) in [7, 11) is 0. The topological polar surface area (TPSA) is 55.4 Å². The number of esters is 1. The number of hydrogen-bond donors (Lipinski definition) is 1. The van der Waals surface area contributed by atoms with E-state index in [-0.39, 0.29) is 0 Å². The fourth-order valence-corrected chi connectivity index (χ4v) is 3.15. The van der Waals surface area contributed by atoms with Crippen molar-refractivity contribution in [2.24, 2.45) is 0 Å². The van der Waals surface area contributed by atoms with Crippen LogP contribution in [0.1, 0.15) is 24.2 Å². The Morgan fingerprint density at radius 3 is 2.64 bits per heavy atom. The number of carbonyl (C=O) groups is 2. The fraction of sp³-hybridized carbons (Fsp3) is 0.222. The van der Waals surface area contributed by atoms with Crippen LogP contribution in [0.5, 0.6) is 0 Å². The largest absolute Gasteiger partial charge is 0.449 e. The monoisotopic (exact) mass is 397 g/mol. The van der Waals surface area contributed by atoms with Crippen molar-refractivity contribution in [3.05, 3.63) is 58.1 Å². The van der Waals surface area contributed by atoms with Crippen LogP contribution >= 0.6 is 35.0 Å². The van der Waals surface area contributed by atoms with Crippen LogP contribution in [0, 0.1) is 0 Å². The summed E-state index contributed by atoms with van der Waals surface area (Å²) in [6.45, 7) is 3.50. The molecule has 0 spiro atoms. The van der Waals surface area contributed by atoms with Crippen LogP contribution in [-0.2, 0) is 9.53 Å². The van der Waals surface area contributed by atoms with E-state index in [9.17, 15) is 9.59 Å². The molecule has 0 aliphatic rings. The first-order valence-electron chi connectivity index (χ1n) is 7.61. The van der Waals surface area contributed by atoms with Gasteiger partial charge in [-0.05, 0) is 43.0 Å². The molecule has 0 saturated heterocycles. The van der Waals surface area contributed by atoms with Crippen LogP contribution in [0.2, 0.25) is 10.0 Å². The smallest absolute Gasteiger partial charge is 0.340 e. The highest BCUT2D eigenvalue weighted by Gasteiger charge is 2.21. The van der Waals surface area contributed by atoms with Gasteiger partial charge in [0, 0.05) is 9.92 Å². The molecule has 0 saturated carbocycles. The number of carbonyl (C=O) groups excluding carboxylic acids is 2. The molecule has 0 aromatic heterocycles. The maximum Gasteiger partial charge on any atom is 0.340 e. The summed E-state index contributed by atoms with van der Waals surface area (Å²) in [4.78, 5) is 25.4. The maximum atomic E-state index is 12.4. The second-order valence-corrected chi connectivity index (χ2v) is 7.24. The summed E-state index contributed by atoms with van der Waals surface area (Å²) in [5.74, 6) is -0.206. The molecule has 1 amide bonds. The lowest BCUT2D eigenvalue weighted by Gasteiger charge is -2.15. The molecule has 4 nitrogen and oxygen atoms in total. The van der Waals surface area contributed by atoms with Gasteiger partial charge >= 0.3 is 5.97 Å². The Kier molecular flexibility index (Phi) is 7.17. The van der Waals surface area contributed by atoms with E-state index in [4.69, 9.17) is 27.9 Å². The zero-order valence-electron chi connectivity index (χ0n) is 13.7. The number of ether oxygens (including phenoxy) is 1. The number of nitrogens with one attached hydrogen (secondary N) is 1. The van der Waals surface area contributed by atoms with Gasteiger partial charge in [0.1, 0.15) is 0 Å². The van der Waals surface area contributed by atoms with Gasteiger partial charge in [-0.2, -0.15) is 0 Å². The molecule has 2 aromatic rings. The lowest BCUT2D eigenvalue weighted by atomic mass is 10.2. The lowest BCUT2D eigenvalue weighted by Crippen LogP contribution is -2.30. The molecule has 1 N–H and O–H groups in total. The number of anilines is 1. The number of hydrogen-bond acceptors (Lipinski definition) is 4. The summed E-state index contributed by atoms with van der Waals surface area (Å²) in [5.41, 5.74) is 0.804. The molecule has 1 unspecified atom stereocenters. The van der Waals surface area contributed by atoms with Crippen molar-refractivity contribution in [1.82, 2.24) is 0 Å². The molecule has 0 aliphatic heterocycles. The van der Waals surface area contributed by atoms with E-state index in [2.05, 4.69) is 5.32 Å². The summed E-state index contributed by atoms with van der Waals surface area (Å²) >= 11 is 13.5. The van der Waals surface area contributed by atoms with Crippen molar-refractivity contribution in [2.75, 3.05) is 11.1 Å². The number of benzene rings is 2. The Morgan fingerprint density at radius 2 is 1.92 bits per heavy atom. The van der Waals surface area contributed by atoms with Crippen LogP contribution in [0.15, 0.2) is 47.4 Å². The predicted molar refractivity (Wildman–Crippen MR) is 103 cm³/mol. The molecule has 0 radical (unpaired) electrons. The molecule has 0 bridgehead atoms. The molecule has 7 heteroatoms. The second kappa shape index (κ2) is 9.13. The third-order valence-corrected chi connectivity index (χ3v) is 4.77. The molecule has 25 heavy (non-hydrogen) atoms. The van der Waals surface area contributed by atoms with E-state index in [1.165, 1.54) is 24.8 Å². The Bertz CT molecular complexity index is 783. The summed E-state index contributed by atoms with van der Waals surface area (Å²) in [6, 6.07) is 11.9. The predicted octanol–water partition coefficient (Wildman–Crippen LogP) is 5.29. The molecule has 0 aliphatic carbocycles. The Labute approximate surface area is 160 Å². The lowest BCUT2D eigenvalue weighted by molar-refractivity contribution is -0.123. The van der Waals surface area contributed by atoms with Gasteiger partial charge in [0.15, 0.2) is 6.10 Å². The minimum Gasteiger partial charge on any atom is -0.449 e. The average molecular weight is 398 g/mol. The van der Waals surface area contributed by atoms with Crippen molar-refractivity contribution >= 4 is 52.5 Å². The van der Waals surface area contributed by atoms with Gasteiger partial charge in [-0.1, -0.05) is 42.3 Å².